The lowest BCUT2D eigenvalue weighted by Crippen LogP contribution is -2.23. The molecule has 0 aliphatic carbocycles. The molecule has 0 aliphatic rings. The quantitative estimate of drug-likeness (QED) is 0.338. The van der Waals surface area contributed by atoms with Crippen molar-refractivity contribution in [2.24, 2.45) is 11.5 Å². The predicted molar refractivity (Wildman–Crippen MR) is 62.5 cm³/mol. The number of alkyl halides is 2. The normalized spacial score (nSPS) is 12.0. The van der Waals surface area contributed by atoms with Crippen molar-refractivity contribution in [1.82, 2.24) is 0 Å². The van der Waals surface area contributed by atoms with Crippen LogP contribution in [0.25, 0.3) is 0 Å². The van der Waals surface area contributed by atoms with Crippen LogP contribution in [0, 0.1) is 0 Å². The van der Waals surface area contributed by atoms with Crippen LogP contribution >= 0.6 is 45.2 Å². The summed E-state index contributed by atoms with van der Waals surface area (Å²) in [4.78, 5) is 0. The molecule has 4 N–H and O–H groups in total. The molecule has 4 heteroatoms. The number of nitrogens with two attached hydrogens (primary N) is 2. The van der Waals surface area contributed by atoms with Crippen LogP contribution in [0.3, 0.4) is 0 Å². The third kappa shape index (κ3) is 9.38. The third-order valence-electron chi connectivity index (χ3n) is 1.21. The van der Waals surface area contributed by atoms with Gasteiger partial charge in [-0.25, -0.2) is 0 Å². The minimum absolute atomic E-state index is 0.0515. The van der Waals surface area contributed by atoms with Gasteiger partial charge in [-0.1, -0.05) is 6.42 Å². The second-order valence-corrected chi connectivity index (χ2v) is 8.27. The SMILES string of the molecule is NCCCCCC(N)(I)I. The zero-order chi connectivity index (χ0) is 8.04. The molecular formula is C6H14I2N2. The first-order chi connectivity index (χ1) is 4.56. The van der Waals surface area contributed by atoms with Crippen LogP contribution in [-0.2, 0) is 0 Å². The number of hydrogen-bond donors (Lipinski definition) is 2. The van der Waals surface area contributed by atoms with E-state index in [1.165, 1.54) is 12.8 Å². The van der Waals surface area contributed by atoms with Crippen LogP contribution < -0.4 is 11.5 Å². The Morgan fingerprint density at radius 3 is 2.10 bits per heavy atom. The highest BCUT2D eigenvalue weighted by Crippen LogP contribution is 2.26. The molecule has 0 aromatic rings. The molecule has 0 spiro atoms. The van der Waals surface area contributed by atoms with Gasteiger partial charge < -0.3 is 11.5 Å². The molecule has 0 aromatic heterocycles. The molecule has 0 fully saturated rings. The van der Waals surface area contributed by atoms with Crippen molar-refractivity contribution in [3.05, 3.63) is 0 Å². The largest absolute Gasteiger partial charge is 0.330 e. The van der Waals surface area contributed by atoms with Crippen LogP contribution in [-0.4, -0.2) is 8.10 Å². The number of hydrogen-bond acceptors (Lipinski definition) is 2. The number of rotatable bonds is 5. The maximum atomic E-state index is 5.76. The summed E-state index contributed by atoms with van der Waals surface area (Å²) >= 11 is 4.52. The average molecular weight is 368 g/mol. The van der Waals surface area contributed by atoms with Crippen molar-refractivity contribution in [2.75, 3.05) is 6.54 Å². The molecule has 0 radical (unpaired) electrons. The molecule has 0 bridgehead atoms. The highest BCUT2D eigenvalue weighted by molar-refractivity contribution is 14.2. The van der Waals surface area contributed by atoms with Crippen LogP contribution in [0.15, 0.2) is 0 Å². The van der Waals surface area contributed by atoms with E-state index in [1.54, 1.807) is 0 Å². The Morgan fingerprint density at radius 2 is 1.70 bits per heavy atom. The second kappa shape index (κ2) is 5.96. The molecule has 0 aliphatic heterocycles. The van der Waals surface area contributed by atoms with Gasteiger partial charge in [-0.3, -0.25) is 0 Å². The Labute approximate surface area is 89.8 Å². The fourth-order valence-electron chi connectivity index (χ4n) is 0.682. The van der Waals surface area contributed by atoms with Crippen LogP contribution in [0.2, 0.25) is 0 Å². The summed E-state index contributed by atoms with van der Waals surface area (Å²) in [5, 5.41) is 0. The van der Waals surface area contributed by atoms with Gasteiger partial charge in [-0.2, -0.15) is 0 Å². The average Bonchev–Trinajstić information content (AvgIpc) is 1.78. The fourth-order valence-corrected chi connectivity index (χ4v) is 1.44. The highest BCUT2D eigenvalue weighted by atomic mass is 127. The molecule has 10 heavy (non-hydrogen) atoms. The van der Waals surface area contributed by atoms with Crippen LogP contribution in [0.5, 0.6) is 0 Å². The molecule has 0 heterocycles. The van der Waals surface area contributed by atoms with E-state index in [4.69, 9.17) is 11.5 Å². The summed E-state index contributed by atoms with van der Waals surface area (Å²) in [5.74, 6) is 0. The minimum Gasteiger partial charge on any atom is -0.330 e. The summed E-state index contributed by atoms with van der Waals surface area (Å²) in [7, 11) is 0. The van der Waals surface area contributed by atoms with Crippen molar-refractivity contribution in [1.29, 1.82) is 0 Å². The van der Waals surface area contributed by atoms with E-state index in [2.05, 4.69) is 45.2 Å². The molecule has 0 saturated heterocycles. The Bertz CT molecular complexity index is 80.3. The smallest absolute Gasteiger partial charge is 0.120 e. The predicted octanol–water partition coefficient (Wildman–Crippen LogP) is 1.99. The van der Waals surface area contributed by atoms with Gasteiger partial charge in [-0.05, 0) is 71.0 Å². The van der Waals surface area contributed by atoms with Gasteiger partial charge in [0.05, 0.1) is 0 Å². The summed E-state index contributed by atoms with van der Waals surface area (Å²) < 4.78 is -0.0515. The number of unbranched alkanes of at least 4 members (excludes halogenated alkanes) is 2. The lowest BCUT2D eigenvalue weighted by molar-refractivity contribution is 0.638. The van der Waals surface area contributed by atoms with E-state index < -0.39 is 0 Å². The topological polar surface area (TPSA) is 52.0 Å². The first kappa shape index (κ1) is 11.4. The van der Waals surface area contributed by atoms with E-state index >= 15 is 0 Å². The Morgan fingerprint density at radius 1 is 1.10 bits per heavy atom. The lowest BCUT2D eigenvalue weighted by atomic mass is 10.2. The monoisotopic (exact) mass is 368 g/mol. The number of halogens is 2. The van der Waals surface area contributed by atoms with Crippen LogP contribution in [0.1, 0.15) is 25.7 Å². The van der Waals surface area contributed by atoms with Crippen LogP contribution in [0.4, 0.5) is 0 Å². The maximum Gasteiger partial charge on any atom is 0.120 e. The fraction of sp³-hybridized carbons (Fsp3) is 1.00. The van der Waals surface area contributed by atoms with E-state index in [0.717, 1.165) is 19.4 Å². The first-order valence-corrected chi connectivity index (χ1v) is 5.59. The maximum absolute atomic E-state index is 5.76. The van der Waals surface area contributed by atoms with Gasteiger partial charge in [-0.15, -0.1) is 0 Å². The van der Waals surface area contributed by atoms with Gasteiger partial charge in [0.15, 0.2) is 0 Å². The van der Waals surface area contributed by atoms with E-state index in [-0.39, 0.29) is 1.55 Å². The van der Waals surface area contributed by atoms with Gasteiger partial charge in [0, 0.05) is 0 Å². The Balaban J connectivity index is 3.04. The molecule has 0 amide bonds. The lowest BCUT2D eigenvalue weighted by Gasteiger charge is -2.12. The summed E-state index contributed by atoms with van der Waals surface area (Å²) in [6.45, 7) is 0.806. The zero-order valence-corrected chi connectivity index (χ0v) is 10.3. The van der Waals surface area contributed by atoms with Crippen molar-refractivity contribution >= 4 is 45.2 Å². The molecule has 0 rings (SSSR count). The molecule has 0 atom stereocenters. The molecule has 0 aromatic carbocycles. The third-order valence-corrected chi connectivity index (χ3v) is 2.29. The molecule has 2 nitrogen and oxygen atoms in total. The van der Waals surface area contributed by atoms with Gasteiger partial charge in [0.2, 0.25) is 0 Å². The molecule has 0 saturated carbocycles. The summed E-state index contributed by atoms with van der Waals surface area (Å²) in [6, 6.07) is 0. The Kier molecular flexibility index (Phi) is 6.78. The van der Waals surface area contributed by atoms with E-state index in [1.807, 2.05) is 0 Å². The molecular weight excluding hydrogens is 354 g/mol. The van der Waals surface area contributed by atoms with Gasteiger partial charge in [0.25, 0.3) is 0 Å². The van der Waals surface area contributed by atoms with Crippen molar-refractivity contribution in [3.63, 3.8) is 0 Å². The molecule has 0 unspecified atom stereocenters. The van der Waals surface area contributed by atoms with E-state index in [0.29, 0.717) is 0 Å². The zero-order valence-electron chi connectivity index (χ0n) is 5.95. The van der Waals surface area contributed by atoms with Crippen molar-refractivity contribution in [2.45, 2.75) is 27.2 Å². The molecule has 62 valence electrons. The van der Waals surface area contributed by atoms with Gasteiger partial charge in [0.1, 0.15) is 1.55 Å². The van der Waals surface area contributed by atoms with Crippen molar-refractivity contribution in [3.8, 4) is 0 Å². The first-order valence-electron chi connectivity index (χ1n) is 3.43. The minimum atomic E-state index is -0.0515. The summed E-state index contributed by atoms with van der Waals surface area (Å²) in [5.41, 5.74) is 11.1. The highest BCUT2D eigenvalue weighted by Gasteiger charge is 2.13. The van der Waals surface area contributed by atoms with E-state index in [9.17, 15) is 0 Å². The van der Waals surface area contributed by atoms with Gasteiger partial charge >= 0.3 is 0 Å². The standard InChI is InChI=1S/C6H14I2N2/c7-6(8,10)4-2-1-3-5-9/h1-5,9-10H2. The second-order valence-electron chi connectivity index (χ2n) is 2.36. The van der Waals surface area contributed by atoms with Crippen molar-refractivity contribution < 1.29 is 0 Å². The Hall–Kier alpha value is 1.38. The summed E-state index contributed by atoms with van der Waals surface area (Å²) in [6.07, 6.45) is 4.61.